The van der Waals surface area contributed by atoms with E-state index in [0.29, 0.717) is 25.3 Å². The summed E-state index contributed by atoms with van der Waals surface area (Å²) >= 11 is 0. The lowest BCUT2D eigenvalue weighted by Crippen LogP contribution is -2.55. The van der Waals surface area contributed by atoms with Crippen LogP contribution in [0.15, 0.2) is 30.9 Å². The van der Waals surface area contributed by atoms with Crippen molar-refractivity contribution in [3.05, 3.63) is 47.8 Å². The van der Waals surface area contributed by atoms with Crippen molar-refractivity contribution in [2.45, 2.75) is 83.0 Å². The zero-order chi connectivity index (χ0) is 23.5. The summed E-state index contributed by atoms with van der Waals surface area (Å²) < 4.78 is 25.9. The third kappa shape index (κ3) is 7.12. The van der Waals surface area contributed by atoms with E-state index in [4.69, 9.17) is 9.47 Å². The molecule has 0 radical (unpaired) electrons. The number of hydrogen-bond donors (Lipinski definition) is 1. The van der Waals surface area contributed by atoms with Crippen molar-refractivity contribution < 1.29 is 23.8 Å². The van der Waals surface area contributed by atoms with Gasteiger partial charge >= 0.3 is 5.97 Å². The molecule has 0 amide bonds. The van der Waals surface area contributed by atoms with Crippen LogP contribution in [-0.4, -0.2) is 55.0 Å². The van der Waals surface area contributed by atoms with E-state index in [2.05, 4.69) is 20.4 Å². The fourth-order valence-corrected chi connectivity index (χ4v) is 4.68. The summed E-state index contributed by atoms with van der Waals surface area (Å²) in [5, 5.41) is 10.1. The molecule has 2 rings (SSSR count). The number of rotatable bonds is 16. The van der Waals surface area contributed by atoms with Crippen LogP contribution in [0.25, 0.3) is 0 Å². The van der Waals surface area contributed by atoms with Gasteiger partial charge in [0, 0.05) is 32.7 Å². The van der Waals surface area contributed by atoms with E-state index in [0.717, 1.165) is 50.5 Å². The predicted octanol–water partition coefficient (Wildman–Crippen LogP) is 5.71. The molecule has 1 saturated heterocycles. The summed E-state index contributed by atoms with van der Waals surface area (Å²) in [5.41, 5.74) is 1.41. The van der Waals surface area contributed by atoms with Gasteiger partial charge in [0.25, 0.3) is 0 Å². The molecule has 32 heavy (non-hydrogen) atoms. The first-order valence-corrected chi connectivity index (χ1v) is 12.0. The molecule has 1 aliphatic rings. The van der Waals surface area contributed by atoms with Gasteiger partial charge in [-0.2, -0.15) is 0 Å². The van der Waals surface area contributed by atoms with Crippen LogP contribution in [0.4, 0.5) is 4.39 Å². The number of nitrogens with zero attached hydrogens (tertiary/aromatic N) is 1. The molecule has 5 nitrogen and oxygen atoms in total. The van der Waals surface area contributed by atoms with E-state index in [1.165, 1.54) is 12.1 Å². The summed E-state index contributed by atoms with van der Waals surface area (Å²) in [5.74, 6) is -1.35. The third-order valence-electron chi connectivity index (χ3n) is 6.38. The molecule has 1 aromatic carbocycles. The van der Waals surface area contributed by atoms with Crippen LogP contribution in [0, 0.1) is 5.82 Å². The Kier molecular flexibility index (Phi) is 11.4. The molecule has 1 fully saturated rings. The minimum absolute atomic E-state index is 0.0244. The average molecular weight is 450 g/mol. The SMILES string of the molecule is C=CCCCCCOC1CN(C(C(=O)O)c2cc(F)ccc2C(CCC)C(CC)OC)C1. The number of halogens is 1. The Morgan fingerprint density at radius 2 is 2.03 bits per heavy atom. The second kappa shape index (κ2) is 13.7. The predicted molar refractivity (Wildman–Crippen MR) is 125 cm³/mol. The average Bonchev–Trinajstić information content (AvgIpc) is 2.74. The first kappa shape index (κ1) is 26.5. The molecule has 0 bridgehead atoms. The number of methoxy groups -OCH3 is 1. The molecule has 1 aromatic rings. The van der Waals surface area contributed by atoms with Gasteiger partial charge in [-0.05, 0) is 55.4 Å². The van der Waals surface area contributed by atoms with E-state index < -0.39 is 17.8 Å². The van der Waals surface area contributed by atoms with E-state index in [1.54, 1.807) is 13.2 Å². The number of ether oxygens (including phenoxy) is 2. The third-order valence-corrected chi connectivity index (χ3v) is 6.38. The minimum Gasteiger partial charge on any atom is -0.480 e. The van der Waals surface area contributed by atoms with Crippen LogP contribution < -0.4 is 0 Å². The molecule has 0 saturated carbocycles. The maximum atomic E-state index is 14.3. The van der Waals surface area contributed by atoms with Crippen molar-refractivity contribution in [3.63, 3.8) is 0 Å². The Bertz CT molecular complexity index is 716. The molecule has 3 atom stereocenters. The smallest absolute Gasteiger partial charge is 0.325 e. The summed E-state index contributed by atoms with van der Waals surface area (Å²) in [6.07, 6.45) is 8.75. The van der Waals surface area contributed by atoms with Crippen LogP contribution in [0.5, 0.6) is 0 Å². The van der Waals surface area contributed by atoms with Crippen molar-refractivity contribution >= 4 is 5.97 Å². The van der Waals surface area contributed by atoms with E-state index >= 15 is 0 Å². The van der Waals surface area contributed by atoms with Crippen molar-refractivity contribution in [3.8, 4) is 0 Å². The van der Waals surface area contributed by atoms with Crippen LogP contribution in [0.3, 0.4) is 0 Å². The first-order chi connectivity index (χ1) is 15.5. The fraction of sp³-hybridized carbons (Fsp3) is 0.654. The Morgan fingerprint density at radius 1 is 1.28 bits per heavy atom. The highest BCUT2D eigenvalue weighted by Crippen LogP contribution is 2.37. The van der Waals surface area contributed by atoms with Gasteiger partial charge in [-0.3, -0.25) is 9.69 Å². The van der Waals surface area contributed by atoms with E-state index in [-0.39, 0.29) is 18.1 Å². The largest absolute Gasteiger partial charge is 0.480 e. The van der Waals surface area contributed by atoms with Crippen molar-refractivity contribution in [1.82, 2.24) is 4.90 Å². The van der Waals surface area contributed by atoms with E-state index in [1.807, 2.05) is 11.0 Å². The molecule has 6 heteroatoms. The van der Waals surface area contributed by atoms with Crippen molar-refractivity contribution in [1.29, 1.82) is 0 Å². The summed E-state index contributed by atoms with van der Waals surface area (Å²) in [4.78, 5) is 14.2. The number of allylic oxidation sites excluding steroid dienone is 1. The summed E-state index contributed by atoms with van der Waals surface area (Å²) in [7, 11) is 1.68. The van der Waals surface area contributed by atoms with Crippen molar-refractivity contribution in [2.75, 3.05) is 26.8 Å². The number of benzene rings is 1. The van der Waals surface area contributed by atoms with Gasteiger partial charge in [-0.25, -0.2) is 4.39 Å². The zero-order valence-corrected chi connectivity index (χ0v) is 19.9. The standard InChI is InChI=1S/C26H40FNO4/c1-5-8-9-10-11-15-32-20-17-28(18-20)25(26(29)30)23-16-19(27)13-14-21(23)22(12-6-2)24(7-3)31-4/h5,13-14,16,20,22,24-25H,1,6-12,15,17-18H2,2-4H3,(H,29,30). The molecule has 0 aliphatic carbocycles. The molecule has 0 aromatic heterocycles. The lowest BCUT2D eigenvalue weighted by atomic mass is 9.82. The molecule has 1 N–H and O–H groups in total. The van der Waals surface area contributed by atoms with Gasteiger partial charge in [-0.1, -0.05) is 38.8 Å². The lowest BCUT2D eigenvalue weighted by molar-refractivity contribution is -0.151. The summed E-state index contributed by atoms with van der Waals surface area (Å²) in [6, 6.07) is 3.69. The molecular formula is C26H40FNO4. The van der Waals surface area contributed by atoms with Gasteiger partial charge in [0.2, 0.25) is 0 Å². The van der Waals surface area contributed by atoms with Gasteiger partial charge in [-0.15, -0.1) is 6.58 Å². The van der Waals surface area contributed by atoms with Gasteiger partial charge in [0.05, 0.1) is 12.2 Å². The Balaban J connectivity index is 2.13. The Hall–Kier alpha value is -1.76. The van der Waals surface area contributed by atoms with E-state index in [9.17, 15) is 14.3 Å². The number of carboxylic acid groups (broad SMARTS) is 1. The quantitative estimate of drug-likeness (QED) is 0.259. The maximum Gasteiger partial charge on any atom is 0.325 e. The molecular weight excluding hydrogens is 409 g/mol. The van der Waals surface area contributed by atoms with Crippen LogP contribution in [0.2, 0.25) is 0 Å². The highest BCUT2D eigenvalue weighted by atomic mass is 19.1. The van der Waals surface area contributed by atoms with Gasteiger partial charge in [0.1, 0.15) is 11.9 Å². The minimum atomic E-state index is -0.958. The number of aliphatic carboxylic acids is 1. The molecule has 1 heterocycles. The van der Waals surface area contributed by atoms with Gasteiger partial charge in [0.15, 0.2) is 0 Å². The Morgan fingerprint density at radius 3 is 2.62 bits per heavy atom. The maximum absolute atomic E-state index is 14.3. The second-order valence-corrected chi connectivity index (χ2v) is 8.68. The number of likely N-dealkylation sites (tertiary alicyclic amines) is 1. The molecule has 180 valence electrons. The first-order valence-electron chi connectivity index (χ1n) is 12.0. The molecule has 0 spiro atoms. The fourth-order valence-electron chi connectivity index (χ4n) is 4.68. The van der Waals surface area contributed by atoms with Crippen LogP contribution in [0.1, 0.15) is 81.9 Å². The van der Waals surface area contributed by atoms with Crippen molar-refractivity contribution in [2.24, 2.45) is 0 Å². The van der Waals surface area contributed by atoms with Crippen LogP contribution >= 0.6 is 0 Å². The summed E-state index contributed by atoms with van der Waals surface area (Å²) in [6.45, 7) is 9.65. The number of carboxylic acids is 1. The van der Waals surface area contributed by atoms with Crippen LogP contribution in [-0.2, 0) is 14.3 Å². The monoisotopic (exact) mass is 449 g/mol. The lowest BCUT2D eigenvalue weighted by Gasteiger charge is -2.43. The topological polar surface area (TPSA) is 59.0 Å². The highest BCUT2D eigenvalue weighted by molar-refractivity contribution is 5.76. The number of hydrogen-bond acceptors (Lipinski definition) is 4. The molecule has 3 unspecified atom stereocenters. The van der Waals surface area contributed by atoms with Gasteiger partial charge < -0.3 is 14.6 Å². The second-order valence-electron chi connectivity index (χ2n) is 8.68. The Labute approximate surface area is 192 Å². The number of unbranched alkanes of at least 4 members (excludes halogenated alkanes) is 3. The number of carbonyl (C=O) groups is 1. The zero-order valence-electron chi connectivity index (χ0n) is 19.9. The highest BCUT2D eigenvalue weighted by Gasteiger charge is 2.40. The molecule has 1 aliphatic heterocycles. The normalized spacial score (nSPS) is 17.5.